The smallest absolute Gasteiger partial charge is 0.314 e. The predicted octanol–water partition coefficient (Wildman–Crippen LogP) is 2.49. The summed E-state index contributed by atoms with van der Waals surface area (Å²) in [6.45, 7) is 12.7. The maximum Gasteiger partial charge on any atom is 0.314 e. The number of carbonyl (C=O) groups is 1. The molecule has 0 rings (SSSR count). The van der Waals surface area contributed by atoms with E-state index >= 15 is 0 Å². The molecule has 102 valence electrons. The van der Waals surface area contributed by atoms with Crippen LogP contribution >= 0.6 is 0 Å². The molecule has 0 aromatic carbocycles. The quantitative estimate of drug-likeness (QED) is 0.611. The number of rotatable bonds is 4. The highest BCUT2D eigenvalue weighted by Crippen LogP contribution is 2.21. The van der Waals surface area contributed by atoms with Gasteiger partial charge in [-0.05, 0) is 48.0 Å². The summed E-state index contributed by atoms with van der Waals surface area (Å²) in [5, 5.41) is 9.89. The van der Waals surface area contributed by atoms with Crippen LogP contribution in [0.25, 0.3) is 0 Å². The second-order valence-corrected chi connectivity index (χ2v) is 6.17. The van der Waals surface area contributed by atoms with Crippen molar-refractivity contribution in [3.8, 4) is 0 Å². The van der Waals surface area contributed by atoms with Crippen molar-refractivity contribution in [3.63, 3.8) is 0 Å². The maximum absolute atomic E-state index is 11.9. The number of ether oxygens (including phenoxy) is 2. The van der Waals surface area contributed by atoms with Crippen molar-refractivity contribution in [1.29, 1.82) is 0 Å². The third-order valence-electron chi connectivity index (χ3n) is 1.97. The Morgan fingerprint density at radius 2 is 1.59 bits per heavy atom. The van der Waals surface area contributed by atoms with Crippen molar-refractivity contribution in [2.45, 2.75) is 72.4 Å². The van der Waals surface area contributed by atoms with Gasteiger partial charge in [-0.15, -0.1) is 0 Å². The van der Waals surface area contributed by atoms with Crippen molar-refractivity contribution in [2.75, 3.05) is 0 Å². The average Bonchev–Trinajstić information content (AvgIpc) is 1.96. The lowest BCUT2D eigenvalue weighted by Gasteiger charge is -2.30. The Labute approximate surface area is 104 Å². The van der Waals surface area contributed by atoms with E-state index in [1.165, 1.54) is 0 Å². The first-order valence-electron chi connectivity index (χ1n) is 6.05. The zero-order chi connectivity index (χ0) is 13.9. The Kier molecular flexibility index (Phi) is 5.62. The van der Waals surface area contributed by atoms with Gasteiger partial charge in [0.2, 0.25) is 0 Å². The highest BCUT2D eigenvalue weighted by Gasteiger charge is 2.32. The lowest BCUT2D eigenvalue weighted by Crippen LogP contribution is -2.39. The van der Waals surface area contributed by atoms with Crippen LogP contribution in [0, 0.1) is 5.92 Å². The Morgan fingerprint density at radius 3 is 1.88 bits per heavy atom. The summed E-state index contributed by atoms with van der Waals surface area (Å²) in [6.07, 6.45) is -0.651. The van der Waals surface area contributed by atoms with Crippen molar-refractivity contribution in [2.24, 2.45) is 5.92 Å². The van der Waals surface area contributed by atoms with Crippen LogP contribution in [0.5, 0.6) is 0 Å². The molecule has 1 unspecified atom stereocenters. The van der Waals surface area contributed by atoms with E-state index in [9.17, 15) is 9.90 Å². The molecule has 0 saturated carbocycles. The van der Waals surface area contributed by atoms with Crippen molar-refractivity contribution < 1.29 is 19.4 Å². The summed E-state index contributed by atoms with van der Waals surface area (Å²) in [5.41, 5.74) is -1.04. The van der Waals surface area contributed by atoms with Gasteiger partial charge in [0.1, 0.15) is 11.5 Å². The minimum absolute atomic E-state index is 0.420. The van der Waals surface area contributed by atoms with E-state index in [0.29, 0.717) is 6.42 Å². The molecule has 4 nitrogen and oxygen atoms in total. The monoisotopic (exact) mass is 246 g/mol. The third-order valence-corrected chi connectivity index (χ3v) is 1.97. The second-order valence-electron chi connectivity index (χ2n) is 6.17. The number of aliphatic hydroxyl groups excluding tert-OH is 1. The molecule has 0 aromatic heterocycles. The van der Waals surface area contributed by atoms with Gasteiger partial charge in [-0.2, -0.15) is 0 Å². The molecule has 0 bridgehead atoms. The number of hydrogen-bond donors (Lipinski definition) is 1. The summed E-state index contributed by atoms with van der Waals surface area (Å²) < 4.78 is 10.6. The summed E-state index contributed by atoms with van der Waals surface area (Å²) in [4.78, 5) is 11.9. The van der Waals surface area contributed by atoms with E-state index in [-0.39, 0.29) is 0 Å². The highest BCUT2D eigenvalue weighted by molar-refractivity contribution is 5.73. The number of hydrogen-bond acceptors (Lipinski definition) is 4. The van der Waals surface area contributed by atoms with Gasteiger partial charge in [0, 0.05) is 0 Å². The average molecular weight is 246 g/mol. The van der Waals surface area contributed by atoms with Gasteiger partial charge in [-0.25, -0.2) is 0 Å². The van der Waals surface area contributed by atoms with Crippen LogP contribution in [0.3, 0.4) is 0 Å². The fourth-order valence-corrected chi connectivity index (χ4v) is 1.31. The van der Waals surface area contributed by atoms with E-state index < -0.39 is 29.4 Å². The van der Waals surface area contributed by atoms with Gasteiger partial charge in [0.05, 0.1) is 5.60 Å². The molecular weight excluding hydrogens is 220 g/mol. The van der Waals surface area contributed by atoms with E-state index in [2.05, 4.69) is 0 Å². The molecule has 17 heavy (non-hydrogen) atoms. The van der Waals surface area contributed by atoms with Gasteiger partial charge < -0.3 is 14.6 Å². The topological polar surface area (TPSA) is 55.8 Å². The fraction of sp³-hybridized carbons (Fsp3) is 0.923. The third kappa shape index (κ3) is 7.34. The van der Waals surface area contributed by atoms with Crippen LogP contribution in [0.15, 0.2) is 0 Å². The SMILES string of the molecule is CCC(C(=O)OC(C)(C)C)[C@H](O)OC(C)(C)C. The van der Waals surface area contributed by atoms with Gasteiger partial charge >= 0.3 is 5.97 Å². The summed E-state index contributed by atoms with van der Waals surface area (Å²) in [6, 6.07) is 0. The minimum Gasteiger partial charge on any atom is -0.460 e. The van der Waals surface area contributed by atoms with E-state index in [0.717, 1.165) is 0 Å². The van der Waals surface area contributed by atoms with Crippen LogP contribution in [0.2, 0.25) is 0 Å². The Balaban J connectivity index is 4.56. The maximum atomic E-state index is 11.9. The molecular formula is C13H26O4. The molecule has 0 aromatic rings. The molecule has 0 aliphatic carbocycles. The lowest BCUT2D eigenvalue weighted by atomic mass is 10.0. The van der Waals surface area contributed by atoms with Crippen LogP contribution in [0.4, 0.5) is 0 Å². The Bertz CT molecular complexity index is 247. The van der Waals surface area contributed by atoms with Crippen LogP contribution in [-0.4, -0.2) is 28.6 Å². The van der Waals surface area contributed by atoms with E-state index in [1.54, 1.807) is 20.8 Å². The van der Waals surface area contributed by atoms with E-state index in [1.807, 2.05) is 27.7 Å². The largest absolute Gasteiger partial charge is 0.460 e. The first-order chi connectivity index (χ1) is 7.46. The van der Waals surface area contributed by atoms with Gasteiger partial charge in [-0.3, -0.25) is 4.79 Å². The summed E-state index contributed by atoms with van der Waals surface area (Å²) >= 11 is 0. The van der Waals surface area contributed by atoms with Crippen LogP contribution < -0.4 is 0 Å². The molecule has 1 N–H and O–H groups in total. The zero-order valence-electron chi connectivity index (χ0n) is 12.0. The van der Waals surface area contributed by atoms with Crippen LogP contribution in [-0.2, 0) is 14.3 Å². The van der Waals surface area contributed by atoms with E-state index in [4.69, 9.17) is 9.47 Å². The number of aliphatic hydroxyl groups is 1. The molecule has 0 radical (unpaired) electrons. The van der Waals surface area contributed by atoms with Crippen molar-refractivity contribution >= 4 is 5.97 Å². The molecule has 0 aliphatic rings. The predicted molar refractivity (Wildman–Crippen MR) is 66.5 cm³/mol. The zero-order valence-corrected chi connectivity index (χ0v) is 12.0. The molecule has 4 heteroatoms. The molecule has 2 atom stereocenters. The number of carbonyl (C=O) groups excluding carboxylic acids is 1. The normalized spacial score (nSPS) is 16.5. The minimum atomic E-state index is -1.13. The molecule has 0 saturated heterocycles. The Hall–Kier alpha value is -0.610. The second kappa shape index (κ2) is 5.83. The summed E-state index contributed by atoms with van der Waals surface area (Å²) in [7, 11) is 0. The van der Waals surface area contributed by atoms with Crippen molar-refractivity contribution in [1.82, 2.24) is 0 Å². The van der Waals surface area contributed by atoms with Gasteiger partial charge in [-0.1, -0.05) is 6.92 Å². The Morgan fingerprint density at radius 1 is 1.12 bits per heavy atom. The molecule has 0 aliphatic heterocycles. The summed E-state index contributed by atoms with van der Waals surface area (Å²) in [5.74, 6) is -1.06. The number of esters is 1. The fourth-order valence-electron chi connectivity index (χ4n) is 1.31. The molecule has 0 amide bonds. The van der Waals surface area contributed by atoms with Crippen LogP contribution in [0.1, 0.15) is 54.9 Å². The first kappa shape index (κ1) is 16.4. The highest BCUT2D eigenvalue weighted by atomic mass is 16.6. The standard InChI is InChI=1S/C13H26O4/c1-8-9(10(14)16-12(2,3)4)11(15)17-13(5,6)7/h9-10,14H,8H2,1-7H3/t9?,10-/m1/s1. The first-order valence-corrected chi connectivity index (χ1v) is 6.05. The molecule has 0 spiro atoms. The molecule has 0 fully saturated rings. The lowest BCUT2D eigenvalue weighted by molar-refractivity contribution is -0.208. The van der Waals surface area contributed by atoms with Gasteiger partial charge in [0.25, 0.3) is 0 Å². The molecule has 0 heterocycles. The van der Waals surface area contributed by atoms with Crippen molar-refractivity contribution in [3.05, 3.63) is 0 Å². The van der Waals surface area contributed by atoms with Gasteiger partial charge in [0.15, 0.2) is 6.29 Å².